The summed E-state index contributed by atoms with van der Waals surface area (Å²) in [5, 5.41) is 0.590. The van der Waals surface area contributed by atoms with Gasteiger partial charge in [0.2, 0.25) is 5.95 Å². The van der Waals surface area contributed by atoms with Crippen molar-refractivity contribution in [1.29, 1.82) is 0 Å². The van der Waals surface area contributed by atoms with Crippen LogP contribution in [0, 0.1) is 0 Å². The topological polar surface area (TPSA) is 87.6 Å². The van der Waals surface area contributed by atoms with Gasteiger partial charge in [0.25, 0.3) is 5.56 Å². The maximum absolute atomic E-state index is 12.0. The maximum Gasteiger partial charge on any atom is 0.262 e. The van der Waals surface area contributed by atoms with E-state index in [0.29, 0.717) is 11.0 Å². The molecule has 2 heterocycles. The molecule has 0 saturated carbocycles. The standard InChI is InChI=1S/C16H16N4O/c1-2-10-3-5-11(6-4-10)7-8-12-9-18-14-13(12)15(21)20-16(17)19-14/h2-6,9H,1,7-8H2,(H4,17,18,19,20,21). The number of hydrogen-bond donors (Lipinski definition) is 3. The van der Waals surface area contributed by atoms with Gasteiger partial charge in [-0.1, -0.05) is 36.9 Å². The number of rotatable bonds is 4. The van der Waals surface area contributed by atoms with Crippen LogP contribution in [0.1, 0.15) is 16.7 Å². The summed E-state index contributed by atoms with van der Waals surface area (Å²) in [6.45, 7) is 3.74. The molecule has 0 aliphatic heterocycles. The Hall–Kier alpha value is -2.82. The van der Waals surface area contributed by atoms with E-state index >= 15 is 0 Å². The van der Waals surface area contributed by atoms with Crippen LogP contribution in [0.2, 0.25) is 0 Å². The number of H-pyrrole nitrogens is 2. The first-order chi connectivity index (χ1) is 10.2. The molecule has 106 valence electrons. The molecule has 0 aliphatic rings. The fourth-order valence-corrected chi connectivity index (χ4v) is 2.42. The van der Waals surface area contributed by atoms with Gasteiger partial charge in [-0.25, -0.2) is 0 Å². The lowest BCUT2D eigenvalue weighted by atomic mass is 10.0. The van der Waals surface area contributed by atoms with Crippen molar-refractivity contribution >= 4 is 23.1 Å². The Balaban J connectivity index is 1.85. The third-order valence-corrected chi connectivity index (χ3v) is 3.54. The van der Waals surface area contributed by atoms with Crippen LogP contribution < -0.4 is 11.3 Å². The molecule has 5 heteroatoms. The summed E-state index contributed by atoms with van der Waals surface area (Å²) in [7, 11) is 0. The van der Waals surface area contributed by atoms with Crippen molar-refractivity contribution in [1.82, 2.24) is 15.0 Å². The second kappa shape index (κ2) is 5.28. The minimum absolute atomic E-state index is 0.126. The quantitative estimate of drug-likeness (QED) is 0.685. The zero-order chi connectivity index (χ0) is 14.8. The first-order valence-electron chi connectivity index (χ1n) is 6.74. The lowest BCUT2D eigenvalue weighted by Gasteiger charge is -2.02. The lowest BCUT2D eigenvalue weighted by molar-refractivity contribution is 0.966. The van der Waals surface area contributed by atoms with Gasteiger partial charge >= 0.3 is 0 Å². The van der Waals surface area contributed by atoms with Crippen molar-refractivity contribution < 1.29 is 0 Å². The third-order valence-electron chi connectivity index (χ3n) is 3.54. The Bertz CT molecular complexity index is 843. The summed E-state index contributed by atoms with van der Waals surface area (Å²) < 4.78 is 0. The summed E-state index contributed by atoms with van der Waals surface area (Å²) in [4.78, 5) is 21.6. The molecule has 21 heavy (non-hydrogen) atoms. The van der Waals surface area contributed by atoms with Crippen LogP contribution in [0.4, 0.5) is 5.95 Å². The Morgan fingerprint density at radius 3 is 2.71 bits per heavy atom. The zero-order valence-electron chi connectivity index (χ0n) is 11.5. The van der Waals surface area contributed by atoms with E-state index in [1.54, 1.807) is 0 Å². The zero-order valence-corrected chi connectivity index (χ0v) is 11.5. The van der Waals surface area contributed by atoms with Crippen LogP contribution in [-0.2, 0) is 12.8 Å². The van der Waals surface area contributed by atoms with Crippen molar-refractivity contribution in [3.8, 4) is 0 Å². The van der Waals surface area contributed by atoms with E-state index < -0.39 is 0 Å². The van der Waals surface area contributed by atoms with Crippen LogP contribution in [-0.4, -0.2) is 15.0 Å². The largest absolute Gasteiger partial charge is 0.369 e. The summed E-state index contributed by atoms with van der Waals surface area (Å²) in [6, 6.07) is 8.22. The summed E-state index contributed by atoms with van der Waals surface area (Å²) in [5.41, 5.74) is 9.14. The fraction of sp³-hybridized carbons (Fsp3) is 0.125. The Morgan fingerprint density at radius 1 is 1.24 bits per heavy atom. The van der Waals surface area contributed by atoms with Crippen molar-refractivity contribution in [3.63, 3.8) is 0 Å². The van der Waals surface area contributed by atoms with Gasteiger partial charge in [0.05, 0.1) is 5.39 Å². The van der Waals surface area contributed by atoms with Crippen molar-refractivity contribution in [3.05, 3.63) is 64.1 Å². The van der Waals surface area contributed by atoms with Gasteiger partial charge in [-0.05, 0) is 29.5 Å². The molecule has 3 rings (SSSR count). The highest BCUT2D eigenvalue weighted by molar-refractivity contribution is 5.79. The third kappa shape index (κ3) is 2.58. The fourth-order valence-electron chi connectivity index (χ4n) is 2.42. The first kappa shape index (κ1) is 13.2. The van der Waals surface area contributed by atoms with E-state index in [0.717, 1.165) is 24.0 Å². The molecule has 0 atom stereocenters. The first-order valence-corrected chi connectivity index (χ1v) is 6.74. The van der Waals surface area contributed by atoms with Crippen LogP contribution in [0.3, 0.4) is 0 Å². The predicted molar refractivity (Wildman–Crippen MR) is 85.1 cm³/mol. The molecule has 2 aromatic heterocycles. The second-order valence-electron chi connectivity index (χ2n) is 4.93. The minimum atomic E-state index is -0.198. The van der Waals surface area contributed by atoms with E-state index in [-0.39, 0.29) is 11.5 Å². The van der Waals surface area contributed by atoms with E-state index in [9.17, 15) is 4.79 Å². The minimum Gasteiger partial charge on any atom is -0.369 e. The van der Waals surface area contributed by atoms with Crippen LogP contribution in [0.5, 0.6) is 0 Å². The Labute approximate surface area is 121 Å². The number of aromatic amines is 2. The highest BCUT2D eigenvalue weighted by Gasteiger charge is 2.09. The highest BCUT2D eigenvalue weighted by Crippen LogP contribution is 2.16. The number of benzene rings is 1. The van der Waals surface area contributed by atoms with Gasteiger partial charge in [-0.15, -0.1) is 0 Å². The average molecular weight is 280 g/mol. The molecule has 0 bridgehead atoms. The number of aryl methyl sites for hydroxylation is 2. The number of nitrogen functional groups attached to an aromatic ring is 1. The van der Waals surface area contributed by atoms with E-state index in [4.69, 9.17) is 5.73 Å². The smallest absolute Gasteiger partial charge is 0.262 e. The number of nitrogens with zero attached hydrogens (tertiary/aromatic N) is 1. The van der Waals surface area contributed by atoms with Gasteiger partial charge < -0.3 is 10.7 Å². The number of fused-ring (bicyclic) bond motifs is 1. The van der Waals surface area contributed by atoms with Crippen molar-refractivity contribution in [2.75, 3.05) is 5.73 Å². The van der Waals surface area contributed by atoms with E-state index in [2.05, 4.69) is 33.7 Å². The van der Waals surface area contributed by atoms with Gasteiger partial charge in [-0.3, -0.25) is 9.78 Å². The van der Waals surface area contributed by atoms with Crippen LogP contribution >= 0.6 is 0 Å². The number of anilines is 1. The van der Waals surface area contributed by atoms with Gasteiger partial charge in [0.15, 0.2) is 0 Å². The SMILES string of the molecule is C=Cc1ccc(CCc2c[nH]c3nc(N)[nH]c(=O)c23)cc1. The molecule has 0 amide bonds. The molecular weight excluding hydrogens is 264 g/mol. The van der Waals surface area contributed by atoms with E-state index in [1.165, 1.54) is 5.56 Å². The Morgan fingerprint density at radius 2 is 2.00 bits per heavy atom. The van der Waals surface area contributed by atoms with E-state index in [1.807, 2.05) is 24.4 Å². The second-order valence-corrected chi connectivity index (χ2v) is 4.93. The predicted octanol–water partition coefficient (Wildman–Crippen LogP) is 2.26. The molecule has 0 fully saturated rings. The molecule has 3 aromatic rings. The average Bonchev–Trinajstić information content (AvgIpc) is 2.89. The monoisotopic (exact) mass is 280 g/mol. The molecule has 5 nitrogen and oxygen atoms in total. The summed E-state index contributed by atoms with van der Waals surface area (Å²) in [5.74, 6) is 0.126. The summed E-state index contributed by atoms with van der Waals surface area (Å²) >= 11 is 0. The number of nitrogens with two attached hydrogens (primary N) is 1. The molecule has 0 spiro atoms. The molecule has 4 N–H and O–H groups in total. The molecular formula is C16H16N4O. The molecule has 0 aliphatic carbocycles. The van der Waals surface area contributed by atoms with Gasteiger partial charge in [0, 0.05) is 6.20 Å². The van der Waals surface area contributed by atoms with Crippen molar-refractivity contribution in [2.24, 2.45) is 0 Å². The molecule has 0 unspecified atom stereocenters. The molecule has 0 saturated heterocycles. The summed E-state index contributed by atoms with van der Waals surface area (Å²) in [6.07, 6.45) is 5.26. The maximum atomic E-state index is 12.0. The van der Waals surface area contributed by atoms with Crippen LogP contribution in [0.15, 0.2) is 41.8 Å². The number of hydrogen-bond acceptors (Lipinski definition) is 3. The lowest BCUT2D eigenvalue weighted by Crippen LogP contribution is -2.11. The van der Waals surface area contributed by atoms with Crippen molar-refractivity contribution in [2.45, 2.75) is 12.8 Å². The Kier molecular flexibility index (Phi) is 3.31. The van der Waals surface area contributed by atoms with Gasteiger partial charge in [-0.2, -0.15) is 4.98 Å². The number of aromatic nitrogens is 3. The normalized spacial score (nSPS) is 10.9. The highest BCUT2D eigenvalue weighted by atomic mass is 16.1. The molecule has 0 radical (unpaired) electrons. The van der Waals surface area contributed by atoms with Gasteiger partial charge in [0.1, 0.15) is 5.65 Å². The number of nitrogens with one attached hydrogen (secondary N) is 2. The molecule has 1 aromatic carbocycles. The van der Waals surface area contributed by atoms with Crippen LogP contribution in [0.25, 0.3) is 17.1 Å².